The van der Waals surface area contributed by atoms with E-state index < -0.39 is 11.9 Å². The lowest BCUT2D eigenvalue weighted by molar-refractivity contribution is -0.159. The van der Waals surface area contributed by atoms with Crippen molar-refractivity contribution in [2.24, 2.45) is 0 Å². The lowest BCUT2D eigenvalue weighted by Gasteiger charge is -2.44. The number of benzene rings is 1. The fourth-order valence-corrected chi connectivity index (χ4v) is 4.53. The number of halogens is 1. The molecule has 1 N–H and O–H groups in total. The van der Waals surface area contributed by atoms with Gasteiger partial charge in [0.25, 0.3) is 5.91 Å². The first-order chi connectivity index (χ1) is 12.1. The lowest BCUT2D eigenvalue weighted by atomic mass is 10.1. The van der Waals surface area contributed by atoms with Gasteiger partial charge < -0.3 is 4.84 Å². The van der Waals surface area contributed by atoms with Gasteiger partial charge in [-0.25, -0.2) is 4.79 Å². The molecule has 2 amide bonds. The first-order valence-corrected chi connectivity index (χ1v) is 10.0. The van der Waals surface area contributed by atoms with Crippen LogP contribution in [0.1, 0.15) is 18.4 Å². The van der Waals surface area contributed by atoms with Crippen molar-refractivity contribution in [2.45, 2.75) is 24.6 Å². The second kappa shape index (κ2) is 8.05. The average molecular weight is 425 g/mol. The molecule has 1 fully saturated rings. The van der Waals surface area contributed by atoms with Crippen molar-refractivity contribution in [3.63, 3.8) is 0 Å². The van der Waals surface area contributed by atoms with E-state index in [4.69, 9.17) is 4.84 Å². The van der Waals surface area contributed by atoms with E-state index in [2.05, 4.69) is 21.4 Å². The van der Waals surface area contributed by atoms with Crippen LogP contribution in [0.15, 0.2) is 41.6 Å². The minimum atomic E-state index is -0.685. The zero-order valence-corrected chi connectivity index (χ0v) is 15.8. The number of hydroxylamine groups is 1. The van der Waals surface area contributed by atoms with Crippen molar-refractivity contribution in [1.29, 1.82) is 0 Å². The molecule has 1 saturated heterocycles. The smallest absolute Gasteiger partial charge is 0.334 e. The van der Waals surface area contributed by atoms with Crippen LogP contribution in [0.5, 0.6) is 0 Å². The van der Waals surface area contributed by atoms with Crippen molar-refractivity contribution in [1.82, 2.24) is 10.4 Å². The number of fused-ring (bicyclic) bond motifs is 1. The molecule has 132 valence electrons. The summed E-state index contributed by atoms with van der Waals surface area (Å²) in [6.07, 6.45) is 1.19. The zero-order chi connectivity index (χ0) is 17.8. The van der Waals surface area contributed by atoms with Gasteiger partial charge in [0.1, 0.15) is 5.70 Å². The number of carbonyl (C=O) groups excluding carboxylic acids is 3. The fraction of sp³-hybridized carbons (Fsp3) is 0.353. The Morgan fingerprint density at radius 3 is 2.76 bits per heavy atom. The van der Waals surface area contributed by atoms with Gasteiger partial charge >= 0.3 is 5.97 Å². The number of thioether (sulfide) groups is 1. The minimum Gasteiger partial charge on any atom is -0.334 e. The topological polar surface area (TPSA) is 75.7 Å². The largest absolute Gasteiger partial charge is 0.379 e. The maximum absolute atomic E-state index is 12.5. The third kappa shape index (κ3) is 4.07. The van der Waals surface area contributed by atoms with Gasteiger partial charge in [0.15, 0.2) is 0 Å². The summed E-state index contributed by atoms with van der Waals surface area (Å²) in [5.74, 6) is -0.510. The summed E-state index contributed by atoms with van der Waals surface area (Å²) in [6, 6.07) is 9.17. The minimum absolute atomic E-state index is 0.00542. The number of hydrogen-bond donors (Lipinski definition) is 1. The van der Waals surface area contributed by atoms with Gasteiger partial charge in [0, 0.05) is 11.1 Å². The second-order valence-corrected chi connectivity index (χ2v) is 7.66. The van der Waals surface area contributed by atoms with Crippen LogP contribution in [0.4, 0.5) is 0 Å². The van der Waals surface area contributed by atoms with E-state index in [0.29, 0.717) is 23.9 Å². The molecule has 0 saturated carbocycles. The Morgan fingerprint density at radius 1 is 1.32 bits per heavy atom. The Hall–Kier alpha value is -1.80. The molecule has 2 aliphatic heterocycles. The van der Waals surface area contributed by atoms with Crippen LogP contribution in [0.3, 0.4) is 0 Å². The summed E-state index contributed by atoms with van der Waals surface area (Å²) >= 11 is 5.00. The summed E-state index contributed by atoms with van der Waals surface area (Å²) in [7, 11) is 0. The summed E-state index contributed by atoms with van der Waals surface area (Å²) in [4.78, 5) is 42.7. The Kier molecular flexibility index (Phi) is 5.80. The van der Waals surface area contributed by atoms with Crippen LogP contribution < -0.4 is 5.48 Å². The molecular weight excluding hydrogens is 408 g/mol. The third-order valence-corrected chi connectivity index (χ3v) is 5.66. The van der Waals surface area contributed by atoms with Crippen LogP contribution in [-0.2, 0) is 25.6 Å². The quantitative estimate of drug-likeness (QED) is 0.445. The number of carbonyl (C=O) groups is 3. The van der Waals surface area contributed by atoms with Crippen LogP contribution in [-0.4, -0.2) is 39.1 Å². The number of alkyl halides is 1. The first kappa shape index (κ1) is 18.0. The SMILES string of the molecule is O=C(Cc1ccccc1)NOC(=O)C1=C(CCBr)CSC2CC(=O)N12. The molecule has 1 atom stereocenters. The van der Waals surface area contributed by atoms with Crippen LogP contribution in [0.25, 0.3) is 0 Å². The van der Waals surface area contributed by atoms with Crippen molar-refractivity contribution in [3.05, 3.63) is 47.2 Å². The predicted octanol–water partition coefficient (Wildman–Crippen LogP) is 2.15. The van der Waals surface area contributed by atoms with E-state index in [1.807, 2.05) is 30.3 Å². The Labute approximate surface area is 158 Å². The van der Waals surface area contributed by atoms with Crippen LogP contribution in [0.2, 0.25) is 0 Å². The summed E-state index contributed by atoms with van der Waals surface area (Å²) < 4.78 is 0. The molecular formula is C17H17BrN2O4S. The van der Waals surface area contributed by atoms with Gasteiger partial charge in [0.05, 0.1) is 18.2 Å². The average Bonchev–Trinajstić information content (AvgIpc) is 2.60. The van der Waals surface area contributed by atoms with E-state index in [1.165, 1.54) is 4.90 Å². The first-order valence-electron chi connectivity index (χ1n) is 7.85. The van der Waals surface area contributed by atoms with Gasteiger partial charge in [-0.2, -0.15) is 5.48 Å². The number of hydrogen-bond acceptors (Lipinski definition) is 5. The molecule has 3 rings (SSSR count). The van der Waals surface area contributed by atoms with E-state index >= 15 is 0 Å². The molecule has 1 aromatic rings. The van der Waals surface area contributed by atoms with E-state index in [1.54, 1.807) is 11.8 Å². The summed E-state index contributed by atoms with van der Waals surface area (Å²) in [5, 5.41) is 0.682. The number of β-lactam (4-membered cyclic amide) rings is 1. The highest BCUT2D eigenvalue weighted by molar-refractivity contribution is 9.09. The fourth-order valence-electron chi connectivity index (χ4n) is 2.74. The molecule has 2 heterocycles. The number of nitrogens with zero attached hydrogens (tertiary/aromatic N) is 1. The molecule has 0 radical (unpaired) electrons. The monoisotopic (exact) mass is 424 g/mol. The van der Waals surface area contributed by atoms with Gasteiger partial charge in [-0.15, -0.1) is 11.8 Å². The van der Waals surface area contributed by atoms with Crippen molar-refractivity contribution in [3.8, 4) is 0 Å². The maximum atomic E-state index is 12.5. The predicted molar refractivity (Wildman–Crippen MR) is 97.5 cm³/mol. The Morgan fingerprint density at radius 2 is 2.08 bits per heavy atom. The molecule has 1 aromatic carbocycles. The number of rotatable bonds is 5. The molecule has 2 aliphatic rings. The highest BCUT2D eigenvalue weighted by Gasteiger charge is 2.45. The summed E-state index contributed by atoms with van der Waals surface area (Å²) in [5.41, 5.74) is 4.14. The van der Waals surface area contributed by atoms with Gasteiger partial charge in [-0.05, 0) is 17.6 Å². The molecule has 0 aromatic heterocycles. The normalized spacial score (nSPS) is 19.2. The van der Waals surface area contributed by atoms with Gasteiger partial charge in [0.2, 0.25) is 5.91 Å². The zero-order valence-electron chi connectivity index (χ0n) is 13.4. The molecule has 8 heteroatoms. The highest BCUT2D eigenvalue weighted by Crippen LogP contribution is 2.41. The summed E-state index contributed by atoms with van der Waals surface area (Å²) in [6.45, 7) is 0. The van der Waals surface area contributed by atoms with Crippen LogP contribution in [0, 0.1) is 0 Å². The van der Waals surface area contributed by atoms with E-state index in [-0.39, 0.29) is 23.4 Å². The second-order valence-electron chi connectivity index (χ2n) is 5.70. The molecule has 25 heavy (non-hydrogen) atoms. The van der Waals surface area contributed by atoms with Crippen molar-refractivity contribution >= 4 is 45.5 Å². The number of amides is 2. The lowest BCUT2D eigenvalue weighted by Crippen LogP contribution is -2.54. The molecule has 0 aliphatic carbocycles. The van der Waals surface area contributed by atoms with Crippen LogP contribution >= 0.6 is 27.7 Å². The standard InChI is InChI=1S/C17H17BrN2O4S/c18-7-6-12-10-25-15-9-14(22)20(15)16(12)17(23)24-19-13(21)8-11-4-2-1-3-5-11/h1-5,15H,6-10H2,(H,19,21). The van der Waals surface area contributed by atoms with Crippen molar-refractivity contribution < 1.29 is 19.2 Å². The molecule has 1 unspecified atom stereocenters. The third-order valence-electron chi connectivity index (χ3n) is 3.99. The van der Waals surface area contributed by atoms with Gasteiger partial charge in [-0.1, -0.05) is 46.3 Å². The Balaban J connectivity index is 1.64. The highest BCUT2D eigenvalue weighted by atomic mass is 79.9. The molecule has 0 bridgehead atoms. The number of nitrogens with one attached hydrogen (secondary N) is 1. The Bertz CT molecular complexity index is 723. The van der Waals surface area contributed by atoms with Crippen molar-refractivity contribution in [2.75, 3.05) is 11.1 Å². The molecule has 6 nitrogen and oxygen atoms in total. The van der Waals surface area contributed by atoms with Gasteiger partial charge in [-0.3, -0.25) is 14.5 Å². The maximum Gasteiger partial charge on any atom is 0.379 e. The molecule has 0 spiro atoms. The van der Waals surface area contributed by atoms with E-state index in [0.717, 1.165) is 11.1 Å². The van der Waals surface area contributed by atoms with E-state index in [9.17, 15) is 14.4 Å².